The van der Waals surface area contributed by atoms with Crippen LogP contribution in [0.25, 0.3) is 0 Å². The highest BCUT2D eigenvalue weighted by Crippen LogP contribution is 2.15. The number of anilines is 2. The van der Waals surface area contributed by atoms with E-state index in [9.17, 15) is 9.18 Å². The van der Waals surface area contributed by atoms with Gasteiger partial charge >= 0.3 is 0 Å². The first-order valence-electron chi connectivity index (χ1n) is 6.51. The predicted octanol–water partition coefficient (Wildman–Crippen LogP) is 1.61. The van der Waals surface area contributed by atoms with Crippen LogP contribution in [0.3, 0.4) is 0 Å². The number of nitrogens with two attached hydrogens (primary N) is 2. The quantitative estimate of drug-likeness (QED) is 0.700. The molecule has 1 unspecified atom stereocenters. The Morgan fingerprint density at radius 1 is 1.32 bits per heavy atom. The van der Waals surface area contributed by atoms with Gasteiger partial charge < -0.3 is 16.8 Å². The van der Waals surface area contributed by atoms with E-state index in [2.05, 4.69) is 15.3 Å². The summed E-state index contributed by atoms with van der Waals surface area (Å²) in [6, 6.07) is 7.40. The zero-order chi connectivity index (χ0) is 16.1. The van der Waals surface area contributed by atoms with E-state index in [-0.39, 0.29) is 23.5 Å². The zero-order valence-electron chi connectivity index (χ0n) is 11.6. The van der Waals surface area contributed by atoms with Crippen LogP contribution in [0.1, 0.15) is 5.56 Å². The van der Waals surface area contributed by atoms with Crippen molar-refractivity contribution in [3.05, 3.63) is 46.9 Å². The lowest BCUT2D eigenvalue weighted by Gasteiger charge is -2.15. The lowest BCUT2D eigenvalue weighted by atomic mass is 9.98. The number of rotatable bonds is 6. The minimum absolute atomic E-state index is 0.0316. The normalized spacial score (nSPS) is 11.9. The number of carbonyl (C=O) groups is 1. The third-order valence-electron chi connectivity index (χ3n) is 3.04. The number of hydrogen-bond donors (Lipinski definition) is 3. The molecule has 0 spiro atoms. The van der Waals surface area contributed by atoms with E-state index in [1.165, 1.54) is 18.2 Å². The Balaban J connectivity index is 2.02. The number of amides is 1. The maximum atomic E-state index is 12.9. The van der Waals surface area contributed by atoms with Gasteiger partial charge in [-0.25, -0.2) is 9.37 Å². The molecule has 2 rings (SSSR count). The third kappa shape index (κ3) is 4.56. The topological polar surface area (TPSA) is 107 Å². The van der Waals surface area contributed by atoms with Crippen molar-refractivity contribution in [2.24, 2.45) is 11.7 Å². The van der Waals surface area contributed by atoms with Crippen molar-refractivity contribution in [3.8, 4) is 0 Å². The van der Waals surface area contributed by atoms with Crippen molar-refractivity contribution in [2.45, 2.75) is 6.42 Å². The molecule has 8 heteroatoms. The Kier molecular flexibility index (Phi) is 5.11. The van der Waals surface area contributed by atoms with Gasteiger partial charge in [0.25, 0.3) is 0 Å². The first-order valence-corrected chi connectivity index (χ1v) is 6.89. The van der Waals surface area contributed by atoms with Crippen LogP contribution in [0, 0.1) is 11.7 Å². The van der Waals surface area contributed by atoms with Gasteiger partial charge in [0.1, 0.15) is 16.8 Å². The number of halogens is 2. The van der Waals surface area contributed by atoms with Crippen LogP contribution in [0.15, 0.2) is 30.3 Å². The van der Waals surface area contributed by atoms with Crippen molar-refractivity contribution in [2.75, 3.05) is 17.6 Å². The second-order valence-electron chi connectivity index (χ2n) is 4.74. The van der Waals surface area contributed by atoms with Crippen LogP contribution >= 0.6 is 11.6 Å². The summed E-state index contributed by atoms with van der Waals surface area (Å²) in [5, 5.41) is 3.15. The summed E-state index contributed by atoms with van der Waals surface area (Å²) in [6.07, 6.45) is 0.386. The predicted molar refractivity (Wildman–Crippen MR) is 82.7 cm³/mol. The summed E-state index contributed by atoms with van der Waals surface area (Å²) in [6.45, 7) is 0.249. The van der Waals surface area contributed by atoms with Gasteiger partial charge in [0.15, 0.2) is 0 Å². The highest BCUT2D eigenvalue weighted by Gasteiger charge is 2.16. The van der Waals surface area contributed by atoms with E-state index in [4.69, 9.17) is 23.1 Å². The summed E-state index contributed by atoms with van der Waals surface area (Å²) in [5.74, 6) is -0.846. The van der Waals surface area contributed by atoms with Gasteiger partial charge in [-0.05, 0) is 24.1 Å². The summed E-state index contributed by atoms with van der Waals surface area (Å²) < 4.78 is 12.9. The van der Waals surface area contributed by atoms with Crippen LogP contribution in [-0.4, -0.2) is 22.4 Å². The largest absolute Gasteiger partial charge is 0.369 e. The molecule has 2 aromatic rings. The van der Waals surface area contributed by atoms with E-state index < -0.39 is 11.8 Å². The zero-order valence-corrected chi connectivity index (χ0v) is 12.3. The number of benzene rings is 1. The van der Waals surface area contributed by atoms with E-state index in [0.29, 0.717) is 12.2 Å². The van der Waals surface area contributed by atoms with Gasteiger partial charge in [0.2, 0.25) is 11.9 Å². The third-order valence-corrected chi connectivity index (χ3v) is 3.23. The fourth-order valence-corrected chi connectivity index (χ4v) is 2.12. The first-order chi connectivity index (χ1) is 10.4. The fraction of sp³-hybridized carbons (Fsp3) is 0.214. The van der Waals surface area contributed by atoms with Gasteiger partial charge in [-0.3, -0.25) is 4.79 Å². The van der Waals surface area contributed by atoms with Crippen molar-refractivity contribution in [1.82, 2.24) is 9.97 Å². The van der Waals surface area contributed by atoms with Crippen LogP contribution < -0.4 is 16.8 Å². The highest BCUT2D eigenvalue weighted by atomic mass is 35.5. The van der Waals surface area contributed by atoms with Gasteiger partial charge in [-0.2, -0.15) is 4.98 Å². The van der Waals surface area contributed by atoms with Crippen molar-refractivity contribution < 1.29 is 9.18 Å². The number of nitrogens with zero attached hydrogens (tertiary/aromatic N) is 2. The molecular formula is C14H15ClFN5O. The molecule has 116 valence electrons. The number of nitrogens with one attached hydrogen (secondary N) is 1. The molecule has 1 atom stereocenters. The monoisotopic (exact) mass is 323 g/mol. The Morgan fingerprint density at radius 2 is 2.00 bits per heavy atom. The Hall–Kier alpha value is -2.41. The number of primary amides is 1. The van der Waals surface area contributed by atoms with Crippen LogP contribution in [0.4, 0.5) is 16.2 Å². The van der Waals surface area contributed by atoms with Crippen molar-refractivity contribution >= 4 is 29.3 Å². The van der Waals surface area contributed by atoms with Gasteiger partial charge in [-0.1, -0.05) is 23.7 Å². The molecule has 0 aliphatic heterocycles. The fourth-order valence-electron chi connectivity index (χ4n) is 1.93. The van der Waals surface area contributed by atoms with Gasteiger partial charge in [-0.15, -0.1) is 0 Å². The lowest BCUT2D eigenvalue weighted by molar-refractivity contribution is -0.121. The first kappa shape index (κ1) is 16.0. The second-order valence-corrected chi connectivity index (χ2v) is 5.13. The molecule has 0 saturated heterocycles. The Morgan fingerprint density at radius 3 is 2.59 bits per heavy atom. The summed E-state index contributed by atoms with van der Waals surface area (Å²) in [5.41, 5.74) is 11.7. The number of carbonyl (C=O) groups excluding carboxylic acids is 1. The molecule has 0 fully saturated rings. The lowest BCUT2D eigenvalue weighted by Crippen LogP contribution is -2.31. The summed E-state index contributed by atoms with van der Waals surface area (Å²) in [4.78, 5) is 19.2. The SMILES string of the molecule is NC(=O)C(CNc1cc(Cl)nc(N)n1)Cc1ccc(F)cc1. The molecule has 6 nitrogen and oxygen atoms in total. The van der Waals surface area contributed by atoms with Crippen LogP contribution in [0.2, 0.25) is 5.15 Å². The molecule has 0 radical (unpaired) electrons. The second kappa shape index (κ2) is 7.04. The van der Waals surface area contributed by atoms with Crippen LogP contribution in [0.5, 0.6) is 0 Å². The van der Waals surface area contributed by atoms with Crippen molar-refractivity contribution in [3.63, 3.8) is 0 Å². The minimum Gasteiger partial charge on any atom is -0.369 e. The number of aromatic nitrogens is 2. The van der Waals surface area contributed by atoms with Crippen molar-refractivity contribution in [1.29, 1.82) is 0 Å². The molecule has 0 aliphatic rings. The number of hydrogen-bond acceptors (Lipinski definition) is 5. The molecule has 0 saturated carbocycles. The molecular weight excluding hydrogens is 309 g/mol. The molecule has 1 aromatic heterocycles. The molecule has 0 aliphatic carbocycles. The molecule has 1 aromatic carbocycles. The van der Waals surface area contributed by atoms with E-state index in [1.54, 1.807) is 12.1 Å². The van der Waals surface area contributed by atoms with E-state index >= 15 is 0 Å². The van der Waals surface area contributed by atoms with Gasteiger partial charge in [0.05, 0.1) is 5.92 Å². The van der Waals surface area contributed by atoms with Crippen LogP contribution in [-0.2, 0) is 11.2 Å². The molecule has 1 amide bonds. The summed E-state index contributed by atoms with van der Waals surface area (Å²) >= 11 is 5.77. The average Bonchev–Trinajstić information content (AvgIpc) is 2.44. The Bertz CT molecular complexity index is 645. The smallest absolute Gasteiger partial charge is 0.223 e. The van der Waals surface area contributed by atoms with Gasteiger partial charge in [0, 0.05) is 12.6 Å². The molecule has 1 heterocycles. The molecule has 5 N–H and O–H groups in total. The minimum atomic E-state index is -0.486. The average molecular weight is 324 g/mol. The molecule has 22 heavy (non-hydrogen) atoms. The maximum absolute atomic E-state index is 12.9. The van der Waals surface area contributed by atoms with E-state index in [0.717, 1.165) is 5.56 Å². The Labute approximate surface area is 131 Å². The summed E-state index contributed by atoms with van der Waals surface area (Å²) in [7, 11) is 0. The maximum Gasteiger partial charge on any atom is 0.223 e. The van der Waals surface area contributed by atoms with E-state index in [1.807, 2.05) is 0 Å². The standard InChI is InChI=1S/C14H15ClFN5O/c15-11-6-12(21-14(18)20-11)19-7-9(13(17)22)5-8-1-3-10(16)4-2-8/h1-4,6,9H,5,7H2,(H2,17,22)(H3,18,19,20,21). The highest BCUT2D eigenvalue weighted by molar-refractivity contribution is 6.29. The molecule has 0 bridgehead atoms. The number of nitrogen functional groups attached to an aromatic ring is 1.